The van der Waals surface area contributed by atoms with Gasteiger partial charge in [-0.15, -0.1) is 0 Å². The van der Waals surface area contributed by atoms with Gasteiger partial charge in [-0.3, -0.25) is 10.1 Å². The number of rotatable bonds is 5. The van der Waals surface area contributed by atoms with Crippen LogP contribution in [0.1, 0.15) is 6.42 Å². The summed E-state index contributed by atoms with van der Waals surface area (Å²) >= 11 is 0. The van der Waals surface area contributed by atoms with Gasteiger partial charge >= 0.3 is 5.69 Å². The first kappa shape index (κ1) is 14.7. The van der Waals surface area contributed by atoms with E-state index in [1.54, 1.807) is 0 Å². The molecule has 1 fully saturated rings. The minimum absolute atomic E-state index is 0.219. The highest BCUT2D eigenvalue weighted by Gasteiger charge is 2.23. The van der Waals surface area contributed by atoms with Gasteiger partial charge in [0.25, 0.3) is 0 Å². The van der Waals surface area contributed by atoms with Crippen LogP contribution in [0.2, 0.25) is 0 Å². The summed E-state index contributed by atoms with van der Waals surface area (Å²) in [6, 6.07) is 2.99. The fourth-order valence-electron chi connectivity index (χ4n) is 2.02. The number of phenols is 1. The second kappa shape index (κ2) is 5.73. The van der Waals surface area contributed by atoms with Gasteiger partial charge in [-0.1, -0.05) is 0 Å². The zero-order valence-electron chi connectivity index (χ0n) is 10.6. The number of aromatic hydroxyl groups is 1. The van der Waals surface area contributed by atoms with Crippen LogP contribution < -0.4 is 10.0 Å². The zero-order chi connectivity index (χ0) is 14.8. The molecule has 1 saturated heterocycles. The van der Waals surface area contributed by atoms with Gasteiger partial charge < -0.3 is 10.4 Å². The van der Waals surface area contributed by atoms with Crippen molar-refractivity contribution >= 4 is 15.7 Å². The molecule has 1 aliphatic rings. The van der Waals surface area contributed by atoms with Gasteiger partial charge in [-0.2, -0.15) is 0 Å². The van der Waals surface area contributed by atoms with Crippen molar-refractivity contribution in [3.63, 3.8) is 0 Å². The van der Waals surface area contributed by atoms with E-state index in [2.05, 4.69) is 10.0 Å². The van der Waals surface area contributed by atoms with Crippen molar-refractivity contribution in [1.82, 2.24) is 10.0 Å². The number of hydrogen-bond donors (Lipinski definition) is 3. The predicted octanol–water partition coefficient (Wildman–Crippen LogP) is 0.188. The summed E-state index contributed by atoms with van der Waals surface area (Å²) in [7, 11) is -3.81. The molecule has 1 heterocycles. The maximum absolute atomic E-state index is 12.0. The normalized spacial score (nSPS) is 19.1. The number of phenolic OH excluding ortho intramolecular Hbond substituents is 1. The summed E-state index contributed by atoms with van der Waals surface area (Å²) in [5.41, 5.74) is -0.629. The molecule has 1 aromatic rings. The van der Waals surface area contributed by atoms with E-state index in [1.165, 1.54) is 0 Å². The second-order valence-corrected chi connectivity index (χ2v) is 6.39. The summed E-state index contributed by atoms with van der Waals surface area (Å²) in [6.45, 7) is 1.89. The van der Waals surface area contributed by atoms with Crippen molar-refractivity contribution in [2.24, 2.45) is 5.92 Å². The van der Waals surface area contributed by atoms with Gasteiger partial charge in [0.15, 0.2) is 5.75 Å². The fourth-order valence-corrected chi connectivity index (χ4v) is 3.15. The molecular formula is C11H15N3O5S. The lowest BCUT2D eigenvalue weighted by Crippen LogP contribution is -2.30. The topological polar surface area (TPSA) is 122 Å². The van der Waals surface area contributed by atoms with Crippen LogP contribution in [0.25, 0.3) is 0 Å². The van der Waals surface area contributed by atoms with Crippen LogP contribution in [0.15, 0.2) is 23.1 Å². The second-order valence-electron chi connectivity index (χ2n) is 4.62. The number of nitro benzene ring substituents is 1. The molecule has 1 unspecified atom stereocenters. The van der Waals surface area contributed by atoms with Crippen LogP contribution in [-0.2, 0) is 10.0 Å². The van der Waals surface area contributed by atoms with Crippen LogP contribution in [0.5, 0.6) is 5.75 Å². The molecule has 0 aliphatic carbocycles. The molecular weight excluding hydrogens is 286 g/mol. The smallest absolute Gasteiger partial charge is 0.312 e. The average Bonchev–Trinajstić information content (AvgIpc) is 2.89. The van der Waals surface area contributed by atoms with E-state index in [0.717, 1.165) is 37.7 Å². The summed E-state index contributed by atoms with van der Waals surface area (Å²) < 4.78 is 26.5. The molecule has 0 amide bonds. The number of sulfonamides is 1. The Hall–Kier alpha value is -1.71. The molecule has 1 aliphatic heterocycles. The molecule has 1 atom stereocenters. The van der Waals surface area contributed by atoms with E-state index >= 15 is 0 Å². The van der Waals surface area contributed by atoms with Crippen molar-refractivity contribution in [3.8, 4) is 5.75 Å². The number of nitrogens with one attached hydrogen (secondary N) is 2. The molecule has 9 heteroatoms. The third-order valence-corrected chi connectivity index (χ3v) is 4.60. The fraction of sp³-hybridized carbons (Fsp3) is 0.455. The van der Waals surface area contributed by atoms with Crippen molar-refractivity contribution in [2.75, 3.05) is 19.6 Å². The highest BCUT2D eigenvalue weighted by molar-refractivity contribution is 7.89. The van der Waals surface area contributed by atoms with Crippen molar-refractivity contribution in [1.29, 1.82) is 0 Å². The molecule has 1 aromatic carbocycles. The zero-order valence-corrected chi connectivity index (χ0v) is 11.4. The predicted molar refractivity (Wildman–Crippen MR) is 70.9 cm³/mol. The lowest BCUT2D eigenvalue weighted by molar-refractivity contribution is -0.386. The molecule has 8 nitrogen and oxygen atoms in total. The Morgan fingerprint density at radius 3 is 2.85 bits per heavy atom. The van der Waals surface area contributed by atoms with Gasteiger partial charge in [0.1, 0.15) is 0 Å². The Balaban J connectivity index is 2.16. The minimum Gasteiger partial charge on any atom is -0.502 e. The summed E-state index contributed by atoms with van der Waals surface area (Å²) in [4.78, 5) is 9.64. The third kappa shape index (κ3) is 3.24. The first-order valence-corrected chi connectivity index (χ1v) is 7.56. The Kier molecular flexibility index (Phi) is 4.21. The van der Waals surface area contributed by atoms with Gasteiger partial charge in [0.05, 0.1) is 9.82 Å². The minimum atomic E-state index is -3.81. The third-order valence-electron chi connectivity index (χ3n) is 3.18. The van der Waals surface area contributed by atoms with E-state index in [1.807, 2.05) is 0 Å². The van der Waals surface area contributed by atoms with Crippen LogP contribution in [0.3, 0.4) is 0 Å². The molecule has 0 aromatic heterocycles. The van der Waals surface area contributed by atoms with E-state index in [-0.39, 0.29) is 17.4 Å². The lowest BCUT2D eigenvalue weighted by Gasteiger charge is -2.10. The Morgan fingerprint density at radius 1 is 1.50 bits per heavy atom. The monoisotopic (exact) mass is 301 g/mol. The van der Waals surface area contributed by atoms with Crippen LogP contribution in [-0.4, -0.2) is 38.1 Å². The van der Waals surface area contributed by atoms with Crippen molar-refractivity contribution in [2.45, 2.75) is 11.3 Å². The molecule has 20 heavy (non-hydrogen) atoms. The first-order valence-electron chi connectivity index (χ1n) is 6.08. The van der Waals surface area contributed by atoms with E-state index < -0.39 is 26.4 Å². The summed E-state index contributed by atoms with van der Waals surface area (Å²) in [5.74, 6) is -0.342. The molecule has 0 radical (unpaired) electrons. The van der Waals surface area contributed by atoms with Crippen LogP contribution in [0, 0.1) is 16.0 Å². The van der Waals surface area contributed by atoms with E-state index in [0.29, 0.717) is 0 Å². The standard InChI is InChI=1S/C11H15N3O5S/c15-11-2-1-9(5-10(11)14(16)17)20(18,19)13-7-8-3-4-12-6-8/h1-2,5,8,12-13,15H,3-4,6-7H2. The lowest BCUT2D eigenvalue weighted by atomic mass is 10.1. The first-order chi connectivity index (χ1) is 9.40. The van der Waals surface area contributed by atoms with Crippen LogP contribution in [0.4, 0.5) is 5.69 Å². The van der Waals surface area contributed by atoms with Gasteiger partial charge in [-0.25, -0.2) is 13.1 Å². The Bertz CT molecular complexity index is 610. The highest BCUT2D eigenvalue weighted by atomic mass is 32.2. The molecule has 110 valence electrons. The van der Waals surface area contributed by atoms with E-state index in [4.69, 9.17) is 0 Å². The largest absolute Gasteiger partial charge is 0.502 e. The van der Waals surface area contributed by atoms with Crippen LogP contribution >= 0.6 is 0 Å². The number of hydrogen-bond acceptors (Lipinski definition) is 6. The molecule has 0 saturated carbocycles. The molecule has 0 spiro atoms. The van der Waals surface area contributed by atoms with E-state index in [9.17, 15) is 23.6 Å². The highest BCUT2D eigenvalue weighted by Crippen LogP contribution is 2.28. The van der Waals surface area contributed by atoms with Gasteiger partial charge in [0, 0.05) is 12.6 Å². The maximum Gasteiger partial charge on any atom is 0.312 e. The summed E-state index contributed by atoms with van der Waals surface area (Å²) in [5, 5.41) is 23.1. The molecule has 0 bridgehead atoms. The molecule has 3 N–H and O–H groups in total. The van der Waals surface area contributed by atoms with Gasteiger partial charge in [-0.05, 0) is 37.6 Å². The maximum atomic E-state index is 12.0. The summed E-state index contributed by atoms with van der Waals surface area (Å²) in [6.07, 6.45) is 0.887. The number of benzene rings is 1. The molecule has 2 rings (SSSR count). The average molecular weight is 301 g/mol. The van der Waals surface area contributed by atoms with Gasteiger partial charge in [0.2, 0.25) is 10.0 Å². The number of nitro groups is 1. The Labute approximate surface area is 116 Å². The van der Waals surface area contributed by atoms with Crippen molar-refractivity contribution in [3.05, 3.63) is 28.3 Å². The quantitative estimate of drug-likeness (QED) is 0.527. The number of nitrogens with zero attached hydrogens (tertiary/aromatic N) is 1. The van der Waals surface area contributed by atoms with Crippen molar-refractivity contribution < 1.29 is 18.4 Å². The Morgan fingerprint density at radius 2 is 2.25 bits per heavy atom. The SMILES string of the molecule is O=[N+]([O-])c1cc(S(=O)(=O)NCC2CCNC2)ccc1O.